The lowest BCUT2D eigenvalue weighted by Gasteiger charge is -2.34. The van der Waals surface area contributed by atoms with E-state index in [0.717, 1.165) is 37.3 Å². The molecule has 5 rings (SSSR count). The van der Waals surface area contributed by atoms with E-state index in [1.165, 1.54) is 16.1 Å². The molecule has 0 radical (unpaired) electrons. The van der Waals surface area contributed by atoms with Gasteiger partial charge in [-0.05, 0) is 37.4 Å². The maximum atomic E-state index is 13.4. The molecule has 2 N–H and O–H groups in total. The van der Waals surface area contributed by atoms with Gasteiger partial charge in [0.05, 0.1) is 16.1 Å². The fourth-order valence-corrected chi connectivity index (χ4v) is 5.25. The van der Waals surface area contributed by atoms with Gasteiger partial charge in [-0.25, -0.2) is 12.4 Å². The maximum Gasteiger partial charge on any atom is 0.290 e. The Hall–Kier alpha value is -3.57. The number of nitrogens with zero attached hydrogens (tertiary/aromatic N) is 3. The molecule has 0 aliphatic carbocycles. The first kappa shape index (κ1) is 22.6. The lowest BCUT2D eigenvalue weighted by Crippen LogP contribution is -2.44. The van der Waals surface area contributed by atoms with E-state index < -0.39 is 10.0 Å². The Bertz CT molecular complexity index is 1300. The maximum absolute atomic E-state index is 13.4. The highest BCUT2D eigenvalue weighted by atomic mass is 32.2. The molecule has 1 fully saturated rings. The van der Waals surface area contributed by atoms with Crippen LogP contribution in [0.15, 0.2) is 53.6 Å². The van der Waals surface area contributed by atoms with Gasteiger partial charge in [0.2, 0.25) is 0 Å². The quantitative estimate of drug-likeness (QED) is 0.552. The van der Waals surface area contributed by atoms with Crippen LogP contribution in [0.3, 0.4) is 0 Å². The number of fused-ring (bicyclic) bond motifs is 2. The first-order valence-corrected chi connectivity index (χ1v) is 11.7. The second-order valence-corrected chi connectivity index (χ2v) is 9.57. The minimum Gasteiger partial charge on any atom is -0.483 e. The number of nitrogens with one attached hydrogen (secondary N) is 1. The van der Waals surface area contributed by atoms with Crippen molar-refractivity contribution >= 4 is 44.7 Å². The van der Waals surface area contributed by atoms with Crippen molar-refractivity contribution in [3.05, 3.63) is 48.7 Å². The van der Waals surface area contributed by atoms with Crippen molar-refractivity contribution in [1.29, 1.82) is 0 Å². The summed E-state index contributed by atoms with van der Waals surface area (Å²) in [6, 6.07) is 12.2. The van der Waals surface area contributed by atoms with Gasteiger partial charge in [0.25, 0.3) is 22.4 Å². The number of carboxylic acid groups (broad SMARTS) is 1. The number of hydrogen-bond donors (Lipinski definition) is 2. The SMILES string of the molecule is CN1CCN(c2ccc3ccn(S(=O)(=O)c4ccc5c(c4)OCC(=O)N5)c3c2)CC1.O=CO. The van der Waals surface area contributed by atoms with Crippen LogP contribution in [0.5, 0.6) is 5.75 Å². The zero-order valence-corrected chi connectivity index (χ0v) is 18.8. The standard InChI is InChI=1S/C21H22N4O4S.CH2O2/c1-23-8-10-24(11-9-23)16-3-2-15-6-7-25(19(15)12-16)30(27,28)17-4-5-18-20(13-17)29-14-21(26)22-18;2-1-3/h2-7,12-13H,8-11,14H2,1H3,(H,22,26);1H,(H,2,3). The summed E-state index contributed by atoms with van der Waals surface area (Å²) in [5.74, 6) is 0.0937. The van der Waals surface area contributed by atoms with E-state index >= 15 is 0 Å². The molecule has 0 bridgehead atoms. The number of aromatic nitrogens is 1. The van der Waals surface area contributed by atoms with Gasteiger partial charge in [-0.15, -0.1) is 0 Å². The molecule has 11 heteroatoms. The Morgan fingerprint density at radius 2 is 1.79 bits per heavy atom. The van der Waals surface area contributed by atoms with E-state index in [2.05, 4.69) is 22.2 Å². The Kier molecular flexibility index (Phi) is 6.25. The molecule has 2 aromatic carbocycles. The van der Waals surface area contributed by atoms with Crippen molar-refractivity contribution in [3.63, 3.8) is 0 Å². The van der Waals surface area contributed by atoms with Crippen molar-refractivity contribution in [2.45, 2.75) is 4.90 Å². The Morgan fingerprint density at radius 1 is 1.06 bits per heavy atom. The highest BCUT2D eigenvalue weighted by Crippen LogP contribution is 2.32. The molecule has 2 aliphatic rings. The van der Waals surface area contributed by atoms with Crippen LogP contribution >= 0.6 is 0 Å². The van der Waals surface area contributed by atoms with E-state index in [0.29, 0.717) is 17.0 Å². The molecule has 0 atom stereocenters. The van der Waals surface area contributed by atoms with Crippen LogP contribution in [0.1, 0.15) is 0 Å². The van der Waals surface area contributed by atoms with Crippen molar-refractivity contribution in [2.24, 2.45) is 0 Å². The van der Waals surface area contributed by atoms with Gasteiger partial charge < -0.3 is 25.0 Å². The minimum atomic E-state index is -3.83. The third-order valence-electron chi connectivity index (χ3n) is 5.65. The van der Waals surface area contributed by atoms with Crippen LogP contribution < -0.4 is 15.0 Å². The number of anilines is 2. The normalized spacial score (nSPS) is 16.3. The molecule has 0 spiro atoms. The largest absolute Gasteiger partial charge is 0.483 e. The first-order valence-electron chi connectivity index (χ1n) is 10.3. The van der Waals surface area contributed by atoms with Crippen LogP contribution in [0.4, 0.5) is 11.4 Å². The molecule has 3 aromatic rings. The summed E-state index contributed by atoms with van der Waals surface area (Å²) in [6.07, 6.45) is 1.58. The van der Waals surface area contributed by atoms with Crippen LogP contribution in [-0.2, 0) is 19.6 Å². The first-order chi connectivity index (χ1) is 15.8. The summed E-state index contributed by atoms with van der Waals surface area (Å²) in [4.78, 5) is 24.5. The molecule has 1 aromatic heterocycles. The summed E-state index contributed by atoms with van der Waals surface area (Å²) in [5.41, 5.74) is 2.13. The van der Waals surface area contributed by atoms with E-state index in [4.69, 9.17) is 14.6 Å². The molecular weight excluding hydrogens is 448 g/mol. The molecule has 10 nitrogen and oxygen atoms in total. The van der Waals surface area contributed by atoms with Gasteiger partial charge in [0.15, 0.2) is 6.61 Å². The average molecular weight is 473 g/mol. The summed E-state index contributed by atoms with van der Waals surface area (Å²) in [5, 5.41) is 10.4. The lowest BCUT2D eigenvalue weighted by molar-refractivity contribution is -0.123. The topological polar surface area (TPSA) is 121 Å². The Labute approximate surface area is 191 Å². The molecule has 0 unspecified atom stereocenters. The Balaban J connectivity index is 0.000000821. The average Bonchev–Trinajstić information content (AvgIpc) is 3.24. The van der Waals surface area contributed by atoms with E-state index in [1.807, 2.05) is 18.2 Å². The van der Waals surface area contributed by atoms with Crippen molar-refractivity contribution in [3.8, 4) is 5.75 Å². The smallest absolute Gasteiger partial charge is 0.290 e. The zero-order valence-electron chi connectivity index (χ0n) is 18.0. The van der Waals surface area contributed by atoms with Gasteiger partial charge in [-0.2, -0.15) is 0 Å². The number of piperazine rings is 1. The predicted molar refractivity (Wildman–Crippen MR) is 123 cm³/mol. The molecule has 174 valence electrons. The van der Waals surface area contributed by atoms with Gasteiger partial charge in [0.1, 0.15) is 5.75 Å². The Morgan fingerprint density at radius 3 is 2.52 bits per heavy atom. The van der Waals surface area contributed by atoms with Crippen LogP contribution in [0.25, 0.3) is 10.9 Å². The fourth-order valence-electron chi connectivity index (χ4n) is 3.89. The van der Waals surface area contributed by atoms with Crippen LogP contribution in [0, 0.1) is 0 Å². The summed E-state index contributed by atoms with van der Waals surface area (Å²) < 4.78 is 33.5. The van der Waals surface area contributed by atoms with Gasteiger partial charge in [-0.1, -0.05) is 6.07 Å². The van der Waals surface area contributed by atoms with Gasteiger partial charge >= 0.3 is 0 Å². The molecule has 1 amide bonds. The highest BCUT2D eigenvalue weighted by Gasteiger charge is 2.24. The number of benzene rings is 2. The van der Waals surface area contributed by atoms with Gasteiger partial charge in [0, 0.05) is 49.5 Å². The third-order valence-corrected chi connectivity index (χ3v) is 7.34. The summed E-state index contributed by atoms with van der Waals surface area (Å²) in [6.45, 7) is 3.38. The van der Waals surface area contributed by atoms with Crippen molar-refractivity contribution in [1.82, 2.24) is 8.87 Å². The van der Waals surface area contributed by atoms with E-state index in [9.17, 15) is 13.2 Å². The summed E-state index contributed by atoms with van der Waals surface area (Å²) >= 11 is 0. The van der Waals surface area contributed by atoms with Crippen molar-refractivity contribution in [2.75, 3.05) is 50.1 Å². The number of likely N-dealkylation sites (N-methyl/N-ethyl adjacent to an activating group) is 1. The number of amides is 1. The molecular formula is C22H24N4O6S. The molecule has 2 aliphatic heterocycles. The van der Waals surface area contributed by atoms with E-state index in [-0.39, 0.29) is 23.9 Å². The van der Waals surface area contributed by atoms with Crippen molar-refractivity contribution < 1.29 is 27.9 Å². The number of carbonyl (C=O) groups is 2. The molecule has 0 saturated carbocycles. The van der Waals surface area contributed by atoms with Gasteiger partial charge in [-0.3, -0.25) is 9.59 Å². The number of rotatable bonds is 3. The monoisotopic (exact) mass is 472 g/mol. The molecule has 3 heterocycles. The predicted octanol–water partition coefficient (Wildman–Crippen LogP) is 1.66. The highest BCUT2D eigenvalue weighted by molar-refractivity contribution is 7.90. The number of ether oxygens (including phenoxy) is 1. The number of carbonyl (C=O) groups excluding carboxylic acids is 1. The number of hydrogen-bond acceptors (Lipinski definition) is 7. The second kappa shape index (κ2) is 9.12. The lowest BCUT2D eigenvalue weighted by atomic mass is 10.2. The zero-order chi connectivity index (χ0) is 23.6. The minimum absolute atomic E-state index is 0.111. The van der Waals surface area contributed by atoms with E-state index in [1.54, 1.807) is 18.3 Å². The van der Waals surface area contributed by atoms with Crippen LogP contribution in [-0.4, -0.2) is 74.6 Å². The fraction of sp³-hybridized carbons (Fsp3) is 0.273. The molecule has 33 heavy (non-hydrogen) atoms. The molecule has 1 saturated heterocycles. The third kappa shape index (κ3) is 4.50. The van der Waals surface area contributed by atoms with Crippen LogP contribution in [0.2, 0.25) is 0 Å². The summed E-state index contributed by atoms with van der Waals surface area (Å²) in [7, 11) is -1.73. The second-order valence-electron chi connectivity index (χ2n) is 7.75.